The highest BCUT2D eigenvalue weighted by Crippen LogP contribution is 2.26. The van der Waals surface area contributed by atoms with Crippen molar-refractivity contribution in [3.8, 4) is 0 Å². The molecule has 1 atom stereocenters. The number of aliphatic hydroxyl groups is 1. The lowest BCUT2D eigenvalue weighted by molar-refractivity contribution is -0.121. The van der Waals surface area contributed by atoms with Gasteiger partial charge in [0.25, 0.3) is 11.8 Å². The van der Waals surface area contributed by atoms with Gasteiger partial charge in [-0.15, -0.1) is 0 Å². The van der Waals surface area contributed by atoms with Gasteiger partial charge in [-0.05, 0) is 12.1 Å². The van der Waals surface area contributed by atoms with Gasteiger partial charge in [-0.3, -0.25) is 29.8 Å². The highest BCUT2D eigenvalue weighted by atomic mass is 19.2. The first-order chi connectivity index (χ1) is 12.3. The van der Waals surface area contributed by atoms with Crippen molar-refractivity contribution in [2.75, 3.05) is 19.0 Å². The van der Waals surface area contributed by atoms with Crippen molar-refractivity contribution in [2.24, 2.45) is 26.3 Å². The summed E-state index contributed by atoms with van der Waals surface area (Å²) in [6, 6.07) is 3.05. The number of aliphatic imine (C=N–C) groups is 1. The standard InChI is InChI=1S/C13H14F2N8O3/c1-17-12(19-21-16)18-10(24)9-11(25)23(13(26)22(2)20-9)7-5-3-4-6(14)8(7)15/h3-5,13,26H,1-2H3,(H3,16,17,18,19,24). The summed E-state index contributed by atoms with van der Waals surface area (Å²) in [7, 11) is 2.50. The number of hydrogen-bond donors (Lipinski definition) is 3. The molecule has 0 fully saturated rings. The number of nitrogens with zero attached hydrogens (tertiary/aromatic N) is 6. The second-order valence-electron chi connectivity index (χ2n) is 4.83. The molecule has 1 heterocycles. The Morgan fingerprint density at radius 2 is 2.12 bits per heavy atom. The van der Waals surface area contributed by atoms with Crippen LogP contribution in [0.25, 0.3) is 0 Å². The summed E-state index contributed by atoms with van der Waals surface area (Å²) in [4.78, 5) is 28.8. The number of rotatable bonds is 2. The molecule has 1 unspecified atom stereocenters. The number of nitrogens with two attached hydrogens (primary N) is 1. The molecule has 0 aliphatic carbocycles. The fraction of sp³-hybridized carbons (Fsp3) is 0.231. The Kier molecular flexibility index (Phi) is 5.51. The number of carbonyl (C=O) groups is 2. The summed E-state index contributed by atoms with van der Waals surface area (Å²) in [5.41, 5.74) is -1.30. The third-order valence-electron chi connectivity index (χ3n) is 3.24. The number of guanidine groups is 1. The van der Waals surface area contributed by atoms with Crippen LogP contribution in [0.4, 0.5) is 14.5 Å². The van der Waals surface area contributed by atoms with Gasteiger partial charge < -0.3 is 10.9 Å². The van der Waals surface area contributed by atoms with E-state index in [0.717, 1.165) is 23.2 Å². The van der Waals surface area contributed by atoms with Gasteiger partial charge in [0.15, 0.2) is 11.6 Å². The van der Waals surface area contributed by atoms with Gasteiger partial charge in [0.2, 0.25) is 18.0 Å². The lowest BCUT2D eigenvalue weighted by Crippen LogP contribution is -2.58. The monoisotopic (exact) mass is 368 g/mol. The van der Waals surface area contributed by atoms with Gasteiger partial charge in [0, 0.05) is 14.1 Å². The molecule has 11 nitrogen and oxygen atoms in total. The van der Waals surface area contributed by atoms with Crippen LogP contribution in [0.2, 0.25) is 0 Å². The van der Waals surface area contributed by atoms with Gasteiger partial charge in [-0.25, -0.2) is 8.78 Å². The molecule has 1 aliphatic rings. The van der Waals surface area contributed by atoms with Crippen molar-refractivity contribution in [1.82, 2.24) is 10.3 Å². The Morgan fingerprint density at radius 3 is 2.73 bits per heavy atom. The average molecular weight is 368 g/mol. The molecule has 26 heavy (non-hydrogen) atoms. The second-order valence-corrected chi connectivity index (χ2v) is 4.83. The highest BCUT2D eigenvalue weighted by Gasteiger charge is 2.39. The third kappa shape index (κ3) is 3.46. The minimum absolute atomic E-state index is 0.315. The Hall–Kier alpha value is -3.48. The van der Waals surface area contributed by atoms with E-state index in [4.69, 9.17) is 5.84 Å². The Labute approximate surface area is 145 Å². The molecule has 138 valence electrons. The van der Waals surface area contributed by atoms with E-state index in [1.54, 1.807) is 0 Å². The zero-order chi connectivity index (χ0) is 19.4. The van der Waals surface area contributed by atoms with Gasteiger partial charge in [-0.1, -0.05) is 16.4 Å². The van der Waals surface area contributed by atoms with E-state index in [2.05, 4.69) is 25.7 Å². The zero-order valence-electron chi connectivity index (χ0n) is 13.6. The van der Waals surface area contributed by atoms with Crippen LogP contribution in [-0.2, 0) is 9.59 Å². The van der Waals surface area contributed by atoms with Gasteiger partial charge >= 0.3 is 0 Å². The molecule has 1 aromatic carbocycles. The van der Waals surface area contributed by atoms with E-state index in [0.29, 0.717) is 4.90 Å². The quantitative estimate of drug-likeness (QED) is 0.208. The second kappa shape index (κ2) is 7.60. The molecular weight excluding hydrogens is 354 g/mol. The molecule has 1 aromatic rings. The van der Waals surface area contributed by atoms with Crippen LogP contribution in [0.1, 0.15) is 0 Å². The topological polar surface area (TPSA) is 148 Å². The summed E-state index contributed by atoms with van der Waals surface area (Å²) in [6.07, 6.45) is -1.77. The Balaban J connectivity index is 2.41. The maximum Gasteiger partial charge on any atom is 0.288 e. The van der Waals surface area contributed by atoms with E-state index < -0.39 is 41.2 Å². The van der Waals surface area contributed by atoms with Crippen molar-refractivity contribution >= 4 is 29.2 Å². The predicted molar refractivity (Wildman–Crippen MR) is 85.6 cm³/mol. The van der Waals surface area contributed by atoms with Gasteiger partial charge in [0.05, 0.1) is 5.69 Å². The van der Waals surface area contributed by atoms with E-state index in [1.807, 2.05) is 0 Å². The summed E-state index contributed by atoms with van der Waals surface area (Å²) >= 11 is 0. The van der Waals surface area contributed by atoms with E-state index in [1.165, 1.54) is 14.1 Å². The first kappa shape index (κ1) is 18.9. The number of hydrogen-bond acceptors (Lipinski definition) is 7. The molecule has 4 N–H and O–H groups in total. The van der Waals surface area contributed by atoms with E-state index in [9.17, 15) is 23.5 Å². The predicted octanol–water partition coefficient (Wildman–Crippen LogP) is -0.697. The molecule has 1 aliphatic heterocycles. The molecule has 0 bridgehead atoms. The number of halogens is 2. The maximum atomic E-state index is 14.1. The molecule has 0 saturated heterocycles. The van der Waals surface area contributed by atoms with Crippen LogP contribution in [0.5, 0.6) is 0 Å². The minimum Gasteiger partial charge on any atom is -0.355 e. The Morgan fingerprint density at radius 1 is 1.42 bits per heavy atom. The van der Waals surface area contributed by atoms with E-state index >= 15 is 0 Å². The molecule has 2 amide bonds. The lowest BCUT2D eigenvalue weighted by Gasteiger charge is -2.36. The first-order valence-electron chi connectivity index (χ1n) is 6.98. The fourth-order valence-electron chi connectivity index (χ4n) is 2.03. The highest BCUT2D eigenvalue weighted by molar-refractivity contribution is 6.68. The average Bonchev–Trinajstić information content (AvgIpc) is 2.61. The van der Waals surface area contributed by atoms with Gasteiger partial charge in [0.1, 0.15) is 0 Å². The number of benzene rings is 1. The largest absolute Gasteiger partial charge is 0.355 e. The van der Waals surface area contributed by atoms with Crippen LogP contribution in [0, 0.1) is 11.6 Å². The number of anilines is 1. The molecular formula is C13H14F2N8O3. The fourth-order valence-corrected chi connectivity index (χ4v) is 2.03. The van der Waals surface area contributed by atoms with Crippen molar-refractivity contribution in [1.29, 1.82) is 0 Å². The summed E-state index contributed by atoms with van der Waals surface area (Å²) in [6.45, 7) is 0. The smallest absolute Gasteiger partial charge is 0.288 e. The Bertz CT molecular complexity index is 826. The van der Waals surface area contributed by atoms with Crippen LogP contribution in [0.3, 0.4) is 0 Å². The number of aliphatic hydroxyl groups excluding tert-OH is 1. The van der Waals surface area contributed by atoms with Gasteiger partial charge in [-0.2, -0.15) is 5.10 Å². The number of hydrazone groups is 1. The van der Waals surface area contributed by atoms with E-state index in [-0.39, 0.29) is 5.96 Å². The zero-order valence-corrected chi connectivity index (χ0v) is 13.6. The first-order valence-corrected chi connectivity index (χ1v) is 6.98. The van der Waals surface area contributed by atoms with Crippen LogP contribution in [-0.4, -0.2) is 54.0 Å². The molecule has 2 rings (SSSR count). The van der Waals surface area contributed by atoms with Crippen molar-refractivity contribution in [3.63, 3.8) is 0 Å². The summed E-state index contributed by atoms with van der Waals surface area (Å²) in [5, 5.41) is 22.9. The number of carbonyl (C=O) groups excluding carboxylic acids is 2. The summed E-state index contributed by atoms with van der Waals surface area (Å²) < 4.78 is 27.5. The number of amides is 2. The van der Waals surface area contributed by atoms with Crippen LogP contribution < -0.4 is 16.1 Å². The van der Waals surface area contributed by atoms with Crippen LogP contribution >= 0.6 is 0 Å². The van der Waals surface area contributed by atoms with Crippen molar-refractivity contribution in [3.05, 3.63) is 29.8 Å². The van der Waals surface area contributed by atoms with Crippen molar-refractivity contribution < 1.29 is 23.5 Å². The molecule has 0 saturated carbocycles. The summed E-state index contributed by atoms with van der Waals surface area (Å²) in [5.74, 6) is -0.298. The maximum absolute atomic E-state index is 14.1. The molecule has 13 heteroatoms. The van der Waals surface area contributed by atoms with Crippen LogP contribution in [0.15, 0.2) is 38.6 Å². The molecule has 0 aromatic heterocycles. The van der Waals surface area contributed by atoms with Crippen molar-refractivity contribution in [2.45, 2.75) is 6.35 Å². The minimum atomic E-state index is -1.77. The normalized spacial score (nSPS) is 18.3. The number of nitrogens with one attached hydrogen (secondary N) is 1. The lowest BCUT2D eigenvalue weighted by atomic mass is 10.2. The molecule has 0 radical (unpaired) electrons. The SMILES string of the molecule is CN=C(N=NN)NC(=O)C1=NN(C)C(O)N(c2cccc(F)c2F)C1=O. The molecule has 0 spiro atoms. The third-order valence-corrected chi connectivity index (χ3v) is 3.24.